The van der Waals surface area contributed by atoms with Crippen LogP contribution in [0.4, 0.5) is 5.69 Å². The fraction of sp³-hybridized carbons (Fsp3) is 0.280. The molecule has 0 aliphatic carbocycles. The topological polar surface area (TPSA) is 97.8 Å². The van der Waals surface area contributed by atoms with Crippen LogP contribution in [0.3, 0.4) is 0 Å². The minimum atomic E-state index is -3.52. The van der Waals surface area contributed by atoms with Crippen molar-refractivity contribution in [2.45, 2.75) is 24.3 Å². The normalized spacial score (nSPS) is 14.5. The Morgan fingerprint density at radius 2 is 1.71 bits per heavy atom. The third kappa shape index (κ3) is 6.40. The van der Waals surface area contributed by atoms with E-state index in [1.807, 2.05) is 30.3 Å². The molecule has 1 aromatic heterocycles. The van der Waals surface area contributed by atoms with Crippen molar-refractivity contribution in [2.75, 3.05) is 31.6 Å². The third-order valence-corrected chi connectivity index (χ3v) is 7.33. The second kappa shape index (κ2) is 11.2. The molecule has 34 heavy (non-hydrogen) atoms. The quantitative estimate of drug-likeness (QED) is 0.504. The molecule has 0 spiro atoms. The van der Waals surface area contributed by atoms with Crippen LogP contribution in [-0.4, -0.2) is 49.9 Å². The van der Waals surface area contributed by atoms with Gasteiger partial charge in [0.15, 0.2) is 0 Å². The fourth-order valence-electron chi connectivity index (χ4n) is 3.52. The highest BCUT2D eigenvalue weighted by Crippen LogP contribution is 2.19. The zero-order chi connectivity index (χ0) is 23.8. The molecule has 1 fully saturated rings. The van der Waals surface area contributed by atoms with Gasteiger partial charge < -0.3 is 14.8 Å². The van der Waals surface area contributed by atoms with Gasteiger partial charge in [0.2, 0.25) is 21.8 Å². The Morgan fingerprint density at radius 1 is 0.971 bits per heavy atom. The lowest BCUT2D eigenvalue weighted by molar-refractivity contribution is -0.116. The van der Waals surface area contributed by atoms with E-state index in [2.05, 4.69) is 10.3 Å². The molecule has 1 saturated heterocycles. The lowest BCUT2D eigenvalue weighted by Crippen LogP contribution is -2.40. The number of morpholine rings is 1. The molecule has 1 N–H and O–H groups in total. The average molecular weight is 482 g/mol. The van der Waals surface area contributed by atoms with Crippen LogP contribution >= 0.6 is 0 Å². The van der Waals surface area contributed by atoms with Crippen molar-refractivity contribution in [3.63, 3.8) is 0 Å². The number of pyridine rings is 1. The first-order valence-corrected chi connectivity index (χ1v) is 12.5. The molecular weight excluding hydrogens is 454 g/mol. The van der Waals surface area contributed by atoms with Crippen LogP contribution in [0, 0.1) is 0 Å². The first-order chi connectivity index (χ1) is 16.5. The summed E-state index contributed by atoms with van der Waals surface area (Å²) < 4.78 is 37.7. The Kier molecular flexibility index (Phi) is 7.89. The summed E-state index contributed by atoms with van der Waals surface area (Å²) in [6.45, 7) is 1.96. The van der Waals surface area contributed by atoms with E-state index in [1.54, 1.807) is 42.6 Å². The van der Waals surface area contributed by atoms with Gasteiger partial charge in [0, 0.05) is 25.6 Å². The molecular formula is C25H27N3O5S. The SMILES string of the molecule is O=C(CCc1ccc(S(=O)(=O)N2CCOCC2)cc1)Nc1ccc(OCc2ccccc2)nc1. The highest BCUT2D eigenvalue weighted by Gasteiger charge is 2.26. The predicted octanol–water partition coefficient (Wildman–Crippen LogP) is 3.25. The summed E-state index contributed by atoms with van der Waals surface area (Å²) in [5.74, 6) is 0.332. The molecule has 0 unspecified atom stereocenters. The minimum Gasteiger partial charge on any atom is -0.473 e. The molecule has 0 bridgehead atoms. The number of hydrogen-bond acceptors (Lipinski definition) is 6. The molecule has 4 rings (SSSR count). The number of carbonyl (C=O) groups excluding carboxylic acids is 1. The molecule has 2 aromatic carbocycles. The van der Waals surface area contributed by atoms with Gasteiger partial charge in [0.25, 0.3) is 0 Å². The van der Waals surface area contributed by atoms with Crippen LogP contribution in [-0.2, 0) is 32.6 Å². The zero-order valence-electron chi connectivity index (χ0n) is 18.7. The van der Waals surface area contributed by atoms with E-state index in [9.17, 15) is 13.2 Å². The Bertz CT molecular complexity index is 1180. The average Bonchev–Trinajstić information content (AvgIpc) is 2.88. The molecule has 2 heterocycles. The molecule has 8 nitrogen and oxygen atoms in total. The zero-order valence-corrected chi connectivity index (χ0v) is 19.5. The van der Waals surface area contributed by atoms with E-state index in [0.717, 1.165) is 11.1 Å². The minimum absolute atomic E-state index is 0.148. The Hall–Kier alpha value is -3.27. The maximum absolute atomic E-state index is 12.7. The Labute approximate surface area is 199 Å². The van der Waals surface area contributed by atoms with Gasteiger partial charge >= 0.3 is 0 Å². The van der Waals surface area contributed by atoms with Gasteiger partial charge in [-0.3, -0.25) is 4.79 Å². The van der Waals surface area contributed by atoms with Crippen molar-refractivity contribution in [3.8, 4) is 5.88 Å². The van der Waals surface area contributed by atoms with Gasteiger partial charge in [0.1, 0.15) is 6.61 Å². The van der Waals surface area contributed by atoms with Gasteiger partial charge in [-0.15, -0.1) is 0 Å². The summed E-state index contributed by atoms with van der Waals surface area (Å²) in [6, 6.07) is 20.0. The molecule has 0 radical (unpaired) electrons. The van der Waals surface area contributed by atoms with Gasteiger partial charge in [-0.25, -0.2) is 13.4 Å². The van der Waals surface area contributed by atoms with Gasteiger partial charge in [-0.05, 0) is 35.7 Å². The van der Waals surface area contributed by atoms with Crippen LogP contribution in [0.25, 0.3) is 0 Å². The van der Waals surface area contributed by atoms with Crippen molar-refractivity contribution < 1.29 is 22.7 Å². The van der Waals surface area contributed by atoms with E-state index in [1.165, 1.54) is 4.31 Å². The van der Waals surface area contributed by atoms with E-state index < -0.39 is 10.0 Å². The summed E-state index contributed by atoms with van der Waals surface area (Å²) in [7, 11) is -3.52. The molecule has 0 saturated carbocycles. The largest absolute Gasteiger partial charge is 0.473 e. The van der Waals surface area contributed by atoms with E-state index in [0.29, 0.717) is 50.9 Å². The van der Waals surface area contributed by atoms with Crippen molar-refractivity contribution in [3.05, 3.63) is 84.1 Å². The van der Waals surface area contributed by atoms with Crippen LogP contribution in [0.15, 0.2) is 77.8 Å². The van der Waals surface area contributed by atoms with Gasteiger partial charge in [0.05, 0.1) is 30.0 Å². The number of aromatic nitrogens is 1. The Morgan fingerprint density at radius 3 is 2.38 bits per heavy atom. The molecule has 1 aliphatic rings. The highest BCUT2D eigenvalue weighted by molar-refractivity contribution is 7.89. The van der Waals surface area contributed by atoms with Crippen LogP contribution in [0.2, 0.25) is 0 Å². The number of anilines is 1. The number of benzene rings is 2. The molecule has 1 aliphatic heterocycles. The maximum atomic E-state index is 12.7. The number of nitrogens with one attached hydrogen (secondary N) is 1. The summed E-state index contributed by atoms with van der Waals surface area (Å²) in [6.07, 6.45) is 2.32. The summed E-state index contributed by atoms with van der Waals surface area (Å²) in [5, 5.41) is 2.82. The van der Waals surface area contributed by atoms with E-state index >= 15 is 0 Å². The number of nitrogens with zero attached hydrogens (tertiary/aromatic N) is 2. The van der Waals surface area contributed by atoms with Crippen molar-refractivity contribution in [1.29, 1.82) is 0 Å². The molecule has 178 valence electrons. The lowest BCUT2D eigenvalue weighted by Gasteiger charge is -2.26. The highest BCUT2D eigenvalue weighted by atomic mass is 32.2. The molecule has 9 heteroatoms. The maximum Gasteiger partial charge on any atom is 0.243 e. The summed E-state index contributed by atoms with van der Waals surface area (Å²) >= 11 is 0. The van der Waals surface area contributed by atoms with Crippen molar-refractivity contribution in [1.82, 2.24) is 9.29 Å². The number of amides is 1. The predicted molar refractivity (Wildman–Crippen MR) is 128 cm³/mol. The standard InChI is InChI=1S/C25H27N3O5S/c29-24(27-22-9-13-25(26-18-22)33-19-21-4-2-1-3-5-21)12-8-20-6-10-23(11-7-20)34(30,31)28-14-16-32-17-15-28/h1-7,9-11,13,18H,8,12,14-17,19H2,(H,27,29). The first-order valence-electron chi connectivity index (χ1n) is 11.1. The van der Waals surface area contributed by atoms with E-state index in [4.69, 9.17) is 9.47 Å². The van der Waals surface area contributed by atoms with Crippen LogP contribution in [0.1, 0.15) is 17.5 Å². The number of hydrogen-bond donors (Lipinski definition) is 1. The smallest absolute Gasteiger partial charge is 0.243 e. The fourth-order valence-corrected chi connectivity index (χ4v) is 4.92. The third-order valence-electron chi connectivity index (χ3n) is 5.42. The monoisotopic (exact) mass is 481 g/mol. The van der Waals surface area contributed by atoms with Gasteiger partial charge in [-0.2, -0.15) is 4.31 Å². The van der Waals surface area contributed by atoms with Crippen LogP contribution < -0.4 is 10.1 Å². The molecule has 0 atom stereocenters. The number of aryl methyl sites for hydroxylation is 1. The van der Waals surface area contributed by atoms with Crippen molar-refractivity contribution >= 4 is 21.6 Å². The number of carbonyl (C=O) groups is 1. The second-order valence-electron chi connectivity index (χ2n) is 7.87. The summed E-state index contributed by atoms with van der Waals surface area (Å²) in [4.78, 5) is 16.8. The Balaban J connectivity index is 1.24. The summed E-state index contributed by atoms with van der Waals surface area (Å²) in [5.41, 5.74) is 2.52. The number of ether oxygens (including phenoxy) is 2. The number of rotatable bonds is 9. The molecule has 1 amide bonds. The number of sulfonamides is 1. The van der Waals surface area contributed by atoms with Crippen molar-refractivity contribution in [2.24, 2.45) is 0 Å². The van der Waals surface area contributed by atoms with Crippen LogP contribution in [0.5, 0.6) is 5.88 Å². The second-order valence-corrected chi connectivity index (χ2v) is 9.81. The lowest BCUT2D eigenvalue weighted by atomic mass is 10.1. The first kappa shape index (κ1) is 23.9. The van der Waals surface area contributed by atoms with E-state index in [-0.39, 0.29) is 17.2 Å². The molecule has 3 aromatic rings. The van der Waals surface area contributed by atoms with Gasteiger partial charge in [-0.1, -0.05) is 42.5 Å².